The van der Waals surface area contributed by atoms with E-state index in [2.05, 4.69) is 43.3 Å². The molecule has 0 amide bonds. The lowest BCUT2D eigenvalue weighted by atomic mass is 10.1. The first-order chi connectivity index (χ1) is 12.3. The first kappa shape index (κ1) is 17.9. The summed E-state index contributed by atoms with van der Waals surface area (Å²) in [5, 5.41) is 0. The minimum absolute atomic E-state index is 0.0811. The smallest absolute Gasteiger partial charge is 0.111 e. The Morgan fingerprint density at radius 2 is 1.48 bits per heavy atom. The highest BCUT2D eigenvalue weighted by atomic mass is 16.6. The minimum atomic E-state index is -0.0845. The molecule has 2 aromatic carbocycles. The van der Waals surface area contributed by atoms with Crippen molar-refractivity contribution in [3.05, 3.63) is 83.9 Å². The van der Waals surface area contributed by atoms with Crippen molar-refractivity contribution >= 4 is 0 Å². The second kappa shape index (κ2) is 9.52. The van der Waals surface area contributed by atoms with Gasteiger partial charge in [0.1, 0.15) is 12.2 Å². The second-order valence-corrected chi connectivity index (χ2v) is 6.27. The van der Waals surface area contributed by atoms with E-state index in [1.54, 1.807) is 0 Å². The van der Waals surface area contributed by atoms with Crippen molar-refractivity contribution in [3.63, 3.8) is 0 Å². The zero-order valence-corrected chi connectivity index (χ0v) is 14.7. The molecule has 0 bridgehead atoms. The summed E-state index contributed by atoms with van der Waals surface area (Å²) in [5.74, 6) is 0. The van der Waals surface area contributed by atoms with Crippen LogP contribution >= 0.6 is 0 Å². The summed E-state index contributed by atoms with van der Waals surface area (Å²) >= 11 is 0. The third-order valence-corrected chi connectivity index (χ3v) is 4.31. The molecule has 0 radical (unpaired) electrons. The first-order valence-electron chi connectivity index (χ1n) is 8.96. The van der Waals surface area contributed by atoms with Gasteiger partial charge in [-0.2, -0.15) is 0 Å². The number of hydrogen-bond donors (Lipinski definition) is 0. The van der Waals surface area contributed by atoms with Crippen LogP contribution in [0.1, 0.15) is 24.5 Å². The summed E-state index contributed by atoms with van der Waals surface area (Å²) in [7, 11) is 0. The molecule has 3 rings (SSSR count). The molecule has 25 heavy (non-hydrogen) atoms. The van der Waals surface area contributed by atoms with E-state index in [9.17, 15) is 0 Å². The quantitative estimate of drug-likeness (QED) is 0.662. The summed E-state index contributed by atoms with van der Waals surface area (Å²) < 4.78 is 18.1. The van der Waals surface area contributed by atoms with Gasteiger partial charge in [0.2, 0.25) is 0 Å². The van der Waals surface area contributed by atoms with Crippen LogP contribution in [0.5, 0.6) is 0 Å². The Bertz CT molecular complexity index is 639. The zero-order valence-electron chi connectivity index (χ0n) is 14.7. The molecule has 0 saturated heterocycles. The fourth-order valence-corrected chi connectivity index (χ4v) is 2.87. The van der Waals surface area contributed by atoms with E-state index in [1.165, 1.54) is 5.56 Å². The largest absolute Gasteiger partial charge is 0.374 e. The molecule has 1 unspecified atom stereocenters. The predicted molar refractivity (Wildman–Crippen MR) is 99.2 cm³/mol. The molecule has 0 aromatic heterocycles. The van der Waals surface area contributed by atoms with Gasteiger partial charge >= 0.3 is 0 Å². The summed E-state index contributed by atoms with van der Waals surface area (Å²) in [5.41, 5.74) is 2.33. The van der Waals surface area contributed by atoms with E-state index in [1.807, 2.05) is 36.4 Å². The Hall–Kier alpha value is -1.94. The molecule has 0 N–H and O–H groups in total. The van der Waals surface area contributed by atoms with Gasteiger partial charge in [0.15, 0.2) is 0 Å². The van der Waals surface area contributed by atoms with Crippen LogP contribution < -0.4 is 0 Å². The molecule has 1 aliphatic heterocycles. The number of rotatable bonds is 8. The Labute approximate surface area is 150 Å². The highest BCUT2D eigenvalue weighted by molar-refractivity contribution is 5.14. The van der Waals surface area contributed by atoms with Gasteiger partial charge < -0.3 is 14.2 Å². The van der Waals surface area contributed by atoms with E-state index in [4.69, 9.17) is 14.2 Å². The van der Waals surface area contributed by atoms with Crippen LogP contribution in [0, 0.1) is 0 Å². The van der Waals surface area contributed by atoms with Crippen LogP contribution in [0.3, 0.4) is 0 Å². The van der Waals surface area contributed by atoms with Crippen LogP contribution in [0.15, 0.2) is 72.8 Å². The molecule has 2 aromatic rings. The molecule has 1 aliphatic rings. The van der Waals surface area contributed by atoms with Crippen molar-refractivity contribution < 1.29 is 14.2 Å². The van der Waals surface area contributed by atoms with E-state index >= 15 is 0 Å². The van der Waals surface area contributed by atoms with Gasteiger partial charge in [0.25, 0.3) is 0 Å². The maximum absolute atomic E-state index is 6.14. The van der Waals surface area contributed by atoms with Gasteiger partial charge in [0.05, 0.1) is 25.9 Å². The normalized spacial score (nSPS) is 22.8. The van der Waals surface area contributed by atoms with Crippen LogP contribution in [-0.2, 0) is 27.4 Å². The first-order valence-corrected chi connectivity index (χ1v) is 8.96. The predicted octanol–water partition coefficient (Wildman–Crippen LogP) is 4.52. The van der Waals surface area contributed by atoms with Crippen molar-refractivity contribution in [3.8, 4) is 0 Å². The van der Waals surface area contributed by atoms with Crippen LogP contribution in [0.2, 0.25) is 0 Å². The Morgan fingerprint density at radius 1 is 0.840 bits per heavy atom. The van der Waals surface area contributed by atoms with Gasteiger partial charge in [-0.05, 0) is 17.5 Å². The van der Waals surface area contributed by atoms with E-state index in [0.717, 1.165) is 12.0 Å². The molecule has 0 spiro atoms. The third kappa shape index (κ3) is 5.53. The molecule has 3 atom stereocenters. The molecule has 0 fully saturated rings. The SMILES string of the molecule is CCC1C=C[C@H](OCc2ccccc2)[C@@H](COCc2ccccc2)O1. The summed E-state index contributed by atoms with van der Waals surface area (Å²) in [6.07, 6.45) is 5.15. The van der Waals surface area contributed by atoms with Gasteiger partial charge in [0, 0.05) is 0 Å². The lowest BCUT2D eigenvalue weighted by molar-refractivity contribution is -0.119. The van der Waals surface area contributed by atoms with Crippen molar-refractivity contribution in [2.75, 3.05) is 6.61 Å². The molecule has 0 saturated carbocycles. The Kier molecular flexibility index (Phi) is 6.80. The molecule has 3 nitrogen and oxygen atoms in total. The Balaban J connectivity index is 1.54. The average molecular weight is 338 g/mol. The molecular formula is C22H26O3. The maximum Gasteiger partial charge on any atom is 0.111 e. The van der Waals surface area contributed by atoms with E-state index in [-0.39, 0.29) is 18.3 Å². The van der Waals surface area contributed by atoms with Crippen molar-refractivity contribution in [2.24, 2.45) is 0 Å². The summed E-state index contributed by atoms with van der Waals surface area (Å²) in [6, 6.07) is 20.4. The molecule has 3 heteroatoms. The van der Waals surface area contributed by atoms with Gasteiger partial charge in [-0.3, -0.25) is 0 Å². The van der Waals surface area contributed by atoms with Crippen LogP contribution in [0.25, 0.3) is 0 Å². The van der Waals surface area contributed by atoms with Crippen molar-refractivity contribution in [1.29, 1.82) is 0 Å². The van der Waals surface area contributed by atoms with Crippen LogP contribution in [0.4, 0.5) is 0 Å². The molecule has 132 valence electrons. The van der Waals surface area contributed by atoms with Gasteiger partial charge in [-0.15, -0.1) is 0 Å². The monoisotopic (exact) mass is 338 g/mol. The second-order valence-electron chi connectivity index (χ2n) is 6.27. The standard InChI is InChI=1S/C22H26O3/c1-2-20-13-14-21(24-16-19-11-7-4-8-12-19)22(25-20)17-23-15-18-9-5-3-6-10-18/h3-14,20-22H,2,15-17H2,1H3/t20?,21-,22+/m0/s1. The van der Waals surface area contributed by atoms with E-state index in [0.29, 0.717) is 19.8 Å². The fourth-order valence-electron chi connectivity index (χ4n) is 2.87. The fraction of sp³-hybridized carbons (Fsp3) is 0.364. The van der Waals surface area contributed by atoms with Gasteiger partial charge in [-0.25, -0.2) is 0 Å². The lowest BCUT2D eigenvalue weighted by Crippen LogP contribution is -2.40. The third-order valence-electron chi connectivity index (χ3n) is 4.31. The summed E-state index contributed by atoms with van der Waals surface area (Å²) in [6.45, 7) is 3.81. The van der Waals surface area contributed by atoms with Gasteiger partial charge in [-0.1, -0.05) is 79.7 Å². The topological polar surface area (TPSA) is 27.7 Å². The van der Waals surface area contributed by atoms with Crippen LogP contribution in [-0.4, -0.2) is 24.9 Å². The average Bonchev–Trinajstić information content (AvgIpc) is 2.68. The number of ether oxygens (including phenoxy) is 3. The zero-order chi connectivity index (χ0) is 17.3. The highest BCUT2D eigenvalue weighted by Crippen LogP contribution is 2.20. The Morgan fingerprint density at radius 3 is 2.12 bits per heavy atom. The molecule has 0 aliphatic carbocycles. The summed E-state index contributed by atoms with van der Waals surface area (Å²) in [4.78, 5) is 0. The molecule has 1 heterocycles. The maximum atomic E-state index is 6.14. The lowest BCUT2D eigenvalue weighted by Gasteiger charge is -2.32. The van der Waals surface area contributed by atoms with Crippen molar-refractivity contribution in [2.45, 2.75) is 44.9 Å². The minimum Gasteiger partial charge on any atom is -0.374 e. The molecular weight excluding hydrogens is 312 g/mol. The van der Waals surface area contributed by atoms with E-state index < -0.39 is 0 Å². The van der Waals surface area contributed by atoms with Crippen molar-refractivity contribution in [1.82, 2.24) is 0 Å². The number of benzene rings is 2. The number of hydrogen-bond acceptors (Lipinski definition) is 3. The highest BCUT2D eigenvalue weighted by Gasteiger charge is 2.27.